The Morgan fingerprint density at radius 3 is 2.87 bits per heavy atom. The van der Waals surface area contributed by atoms with Gasteiger partial charge in [-0.25, -0.2) is 8.78 Å². The van der Waals surface area contributed by atoms with Crippen LogP contribution in [0.15, 0.2) is 41.5 Å². The Kier molecular flexibility index (Phi) is 4.36. The molecular formula is C21H19ClF2N4O2. The maximum absolute atomic E-state index is 14.7. The first-order valence-corrected chi connectivity index (χ1v) is 10.0. The first kappa shape index (κ1) is 19.1. The number of fused-ring (bicyclic) bond motifs is 3. The van der Waals surface area contributed by atoms with Crippen molar-refractivity contribution in [3.05, 3.63) is 52.0 Å². The lowest BCUT2D eigenvalue weighted by Crippen LogP contribution is -2.44. The van der Waals surface area contributed by atoms with E-state index in [1.807, 2.05) is 0 Å². The van der Waals surface area contributed by atoms with Gasteiger partial charge in [0.2, 0.25) is 5.75 Å². The first-order chi connectivity index (χ1) is 14.3. The number of hydrogen-bond donors (Lipinski definition) is 2. The van der Waals surface area contributed by atoms with Crippen LogP contribution in [0.25, 0.3) is 10.9 Å². The van der Waals surface area contributed by atoms with Crippen LogP contribution in [0.5, 0.6) is 5.75 Å². The number of nitrogens with one attached hydrogen (secondary N) is 2. The molecule has 0 bridgehead atoms. The fourth-order valence-electron chi connectivity index (χ4n) is 3.92. The Bertz CT molecular complexity index is 1210. The van der Waals surface area contributed by atoms with Gasteiger partial charge in [0.15, 0.2) is 6.61 Å². The topological polar surface area (TPSA) is 68.2 Å². The molecule has 1 aliphatic carbocycles. The van der Waals surface area contributed by atoms with E-state index in [0.717, 1.165) is 12.8 Å². The number of aromatic nitrogens is 2. The summed E-state index contributed by atoms with van der Waals surface area (Å²) in [4.78, 5) is 16.8. The largest absolute Gasteiger partial charge is 0.480 e. The number of hydrogen-bond acceptors (Lipinski definition) is 5. The summed E-state index contributed by atoms with van der Waals surface area (Å²) in [5, 5.41) is 7.25. The summed E-state index contributed by atoms with van der Waals surface area (Å²) in [6, 6.07) is 6.04. The van der Waals surface area contributed by atoms with E-state index in [1.165, 1.54) is 10.8 Å². The van der Waals surface area contributed by atoms with Crippen molar-refractivity contribution in [3.63, 3.8) is 0 Å². The molecule has 1 unspecified atom stereocenters. The smallest absolute Gasteiger partial charge is 0.301 e. The lowest BCUT2D eigenvalue weighted by Gasteiger charge is -2.25. The van der Waals surface area contributed by atoms with E-state index in [1.54, 1.807) is 37.5 Å². The second kappa shape index (κ2) is 6.84. The van der Waals surface area contributed by atoms with Crippen LogP contribution in [0.1, 0.15) is 12.8 Å². The molecule has 0 radical (unpaired) electrons. The summed E-state index contributed by atoms with van der Waals surface area (Å²) in [5.41, 5.74) is 1.83. The van der Waals surface area contributed by atoms with Crippen LogP contribution in [0.2, 0.25) is 5.02 Å². The predicted octanol–water partition coefficient (Wildman–Crippen LogP) is 4.55. The molecule has 1 atom stereocenters. The molecule has 9 heteroatoms. The van der Waals surface area contributed by atoms with Gasteiger partial charge in [0.25, 0.3) is 5.56 Å². The number of alkyl halides is 2. The van der Waals surface area contributed by atoms with E-state index < -0.39 is 24.1 Å². The standard InChI is InChI=1S/C21H19ClF2N4O2/c1-28-16-5-4-12(26-15-6-7-25-9-14(15)22)8-13(16)17-18(20(28)29)30-10-21(23,24)19(27-17)11-2-3-11/h4-9,11,19,27H,2-3,10H2,1H3,(H,25,26). The monoisotopic (exact) mass is 432 g/mol. The van der Waals surface area contributed by atoms with Crippen molar-refractivity contribution in [1.29, 1.82) is 0 Å². The number of aryl methyl sites for hydroxylation is 1. The molecule has 2 N–H and O–H groups in total. The maximum atomic E-state index is 14.7. The van der Waals surface area contributed by atoms with Gasteiger partial charge in [-0.2, -0.15) is 0 Å². The quantitative estimate of drug-likeness (QED) is 0.635. The average Bonchev–Trinajstić information content (AvgIpc) is 3.55. The van der Waals surface area contributed by atoms with E-state index in [9.17, 15) is 13.6 Å². The summed E-state index contributed by atoms with van der Waals surface area (Å²) in [5.74, 6) is -3.28. The van der Waals surface area contributed by atoms with Crippen molar-refractivity contribution in [2.75, 3.05) is 17.2 Å². The van der Waals surface area contributed by atoms with Crippen LogP contribution < -0.4 is 20.9 Å². The highest BCUT2D eigenvalue weighted by Gasteiger charge is 2.51. The van der Waals surface area contributed by atoms with Crippen LogP contribution in [-0.4, -0.2) is 28.1 Å². The zero-order valence-corrected chi connectivity index (χ0v) is 16.8. The predicted molar refractivity (Wildman–Crippen MR) is 112 cm³/mol. The second-order valence-electron chi connectivity index (χ2n) is 7.79. The van der Waals surface area contributed by atoms with E-state index in [0.29, 0.717) is 33.0 Å². The fraction of sp³-hybridized carbons (Fsp3) is 0.333. The van der Waals surface area contributed by atoms with Gasteiger partial charge in [-0.1, -0.05) is 11.6 Å². The minimum Gasteiger partial charge on any atom is -0.480 e. The van der Waals surface area contributed by atoms with Crippen molar-refractivity contribution in [3.8, 4) is 5.75 Å². The van der Waals surface area contributed by atoms with Crippen LogP contribution >= 0.6 is 11.6 Å². The first-order valence-electron chi connectivity index (χ1n) is 9.65. The van der Waals surface area contributed by atoms with E-state index in [-0.39, 0.29) is 11.7 Å². The second-order valence-corrected chi connectivity index (χ2v) is 8.20. The molecule has 5 rings (SSSR count). The minimum atomic E-state index is -3.07. The zero-order chi connectivity index (χ0) is 21.0. The fourth-order valence-corrected chi connectivity index (χ4v) is 4.08. The van der Waals surface area contributed by atoms with Gasteiger partial charge in [-0.15, -0.1) is 0 Å². The summed E-state index contributed by atoms with van der Waals surface area (Å²) in [6.45, 7) is -0.820. The van der Waals surface area contributed by atoms with Gasteiger partial charge in [-0.3, -0.25) is 9.78 Å². The molecule has 0 amide bonds. The number of anilines is 3. The van der Waals surface area contributed by atoms with Crippen molar-refractivity contribution in [2.24, 2.45) is 13.0 Å². The van der Waals surface area contributed by atoms with Crippen molar-refractivity contribution >= 4 is 39.6 Å². The third kappa shape index (κ3) is 3.15. The number of nitrogens with zero attached hydrogens (tertiary/aromatic N) is 2. The van der Waals surface area contributed by atoms with Gasteiger partial charge in [-0.05, 0) is 43.0 Å². The Hall–Kier alpha value is -2.87. The molecule has 0 saturated heterocycles. The molecule has 3 heterocycles. The number of pyridine rings is 2. The van der Waals surface area contributed by atoms with Gasteiger partial charge >= 0.3 is 5.92 Å². The molecule has 1 aliphatic heterocycles. The van der Waals surface area contributed by atoms with Gasteiger partial charge in [0, 0.05) is 30.5 Å². The highest BCUT2D eigenvalue weighted by atomic mass is 35.5. The Labute approximate surface area is 175 Å². The van der Waals surface area contributed by atoms with E-state index in [4.69, 9.17) is 16.3 Å². The van der Waals surface area contributed by atoms with Gasteiger partial charge < -0.3 is 19.9 Å². The Morgan fingerprint density at radius 2 is 2.13 bits per heavy atom. The highest BCUT2D eigenvalue weighted by molar-refractivity contribution is 6.33. The maximum Gasteiger partial charge on any atom is 0.301 e. The summed E-state index contributed by atoms with van der Waals surface area (Å²) < 4.78 is 36.2. The molecule has 2 aliphatic rings. The SMILES string of the molecule is Cn1c(=O)c2c(c3cc(Nc4ccncc4Cl)ccc31)NC(C1CC1)C(F)(F)CO2. The molecule has 156 valence electrons. The van der Waals surface area contributed by atoms with Crippen LogP contribution in [-0.2, 0) is 7.05 Å². The number of halogens is 3. The van der Waals surface area contributed by atoms with Crippen molar-refractivity contribution in [2.45, 2.75) is 24.8 Å². The molecule has 2 aromatic heterocycles. The number of rotatable bonds is 3. The van der Waals surface area contributed by atoms with Crippen LogP contribution in [0, 0.1) is 5.92 Å². The van der Waals surface area contributed by atoms with Gasteiger partial charge in [0.1, 0.15) is 0 Å². The number of ether oxygens (including phenoxy) is 1. The molecule has 6 nitrogen and oxygen atoms in total. The molecule has 3 aromatic rings. The van der Waals surface area contributed by atoms with Crippen molar-refractivity contribution in [1.82, 2.24) is 9.55 Å². The van der Waals surface area contributed by atoms with E-state index >= 15 is 0 Å². The summed E-state index contributed by atoms with van der Waals surface area (Å²) >= 11 is 6.18. The van der Waals surface area contributed by atoms with E-state index in [2.05, 4.69) is 15.6 Å². The summed E-state index contributed by atoms with van der Waals surface area (Å²) in [6.07, 6.45) is 4.61. The molecule has 1 fully saturated rings. The number of benzene rings is 1. The molecule has 1 saturated carbocycles. The molecular weight excluding hydrogens is 414 g/mol. The Morgan fingerprint density at radius 1 is 1.33 bits per heavy atom. The Balaban J connectivity index is 1.66. The van der Waals surface area contributed by atoms with Gasteiger partial charge in [0.05, 0.1) is 28.0 Å². The zero-order valence-electron chi connectivity index (χ0n) is 16.1. The van der Waals surface area contributed by atoms with Crippen LogP contribution in [0.4, 0.5) is 25.8 Å². The lowest BCUT2D eigenvalue weighted by atomic mass is 10.0. The lowest BCUT2D eigenvalue weighted by molar-refractivity contribution is -0.0579. The third-order valence-corrected chi connectivity index (χ3v) is 5.96. The summed E-state index contributed by atoms with van der Waals surface area (Å²) in [7, 11) is 1.60. The third-order valence-electron chi connectivity index (χ3n) is 5.66. The normalized spacial score (nSPS) is 20.1. The highest BCUT2D eigenvalue weighted by Crippen LogP contribution is 2.45. The molecule has 1 aromatic carbocycles. The minimum absolute atomic E-state index is 0.0769. The van der Waals surface area contributed by atoms with Crippen molar-refractivity contribution < 1.29 is 13.5 Å². The average molecular weight is 433 g/mol. The van der Waals surface area contributed by atoms with Crippen LogP contribution in [0.3, 0.4) is 0 Å². The molecule has 0 spiro atoms. The molecule has 30 heavy (non-hydrogen) atoms.